The van der Waals surface area contributed by atoms with Gasteiger partial charge in [0.1, 0.15) is 0 Å². The number of amides is 1. The number of esters is 1. The van der Waals surface area contributed by atoms with Crippen molar-refractivity contribution >= 4 is 23.3 Å². The first-order valence-electron chi connectivity index (χ1n) is 6.26. The molecule has 0 bridgehead atoms. The molecule has 0 spiro atoms. The van der Waals surface area contributed by atoms with Gasteiger partial charge in [0.25, 0.3) is 5.91 Å². The van der Waals surface area contributed by atoms with Crippen molar-refractivity contribution < 1.29 is 19.1 Å². The Balaban J connectivity index is 2.16. The van der Waals surface area contributed by atoms with Gasteiger partial charge in [0.05, 0.1) is 25.8 Å². The average Bonchev–Trinajstić information content (AvgIpc) is 2.48. The highest BCUT2D eigenvalue weighted by atomic mass is 16.5. The zero-order valence-corrected chi connectivity index (χ0v) is 11.4. The van der Waals surface area contributed by atoms with E-state index in [9.17, 15) is 14.4 Å². The van der Waals surface area contributed by atoms with E-state index in [1.807, 2.05) is 0 Å². The standard InChI is InChI=1S/C14H16N2O4/c1-16-8-15-11-4-3-9(7-10(11)14(16)19)12(17)5-6-13(18)20-2/h3-4,7,15H,5-6,8H2,1-2H3. The minimum absolute atomic E-state index is 0.0402. The van der Waals surface area contributed by atoms with Crippen molar-refractivity contribution in [2.45, 2.75) is 12.8 Å². The van der Waals surface area contributed by atoms with E-state index in [0.717, 1.165) is 5.69 Å². The van der Waals surface area contributed by atoms with Crippen molar-refractivity contribution in [2.24, 2.45) is 0 Å². The van der Waals surface area contributed by atoms with E-state index < -0.39 is 5.97 Å². The summed E-state index contributed by atoms with van der Waals surface area (Å²) >= 11 is 0. The zero-order chi connectivity index (χ0) is 14.7. The summed E-state index contributed by atoms with van der Waals surface area (Å²) in [6.45, 7) is 0.446. The highest BCUT2D eigenvalue weighted by molar-refractivity contribution is 6.05. The van der Waals surface area contributed by atoms with Gasteiger partial charge in [-0.05, 0) is 18.2 Å². The van der Waals surface area contributed by atoms with E-state index in [1.54, 1.807) is 25.2 Å². The van der Waals surface area contributed by atoms with Crippen LogP contribution >= 0.6 is 0 Å². The molecule has 1 heterocycles. The van der Waals surface area contributed by atoms with E-state index in [-0.39, 0.29) is 24.5 Å². The highest BCUT2D eigenvalue weighted by Crippen LogP contribution is 2.23. The number of carbonyl (C=O) groups excluding carboxylic acids is 3. The summed E-state index contributed by atoms with van der Waals surface area (Å²) in [6.07, 6.45) is 0.113. The van der Waals surface area contributed by atoms with Gasteiger partial charge in [-0.1, -0.05) is 0 Å². The van der Waals surface area contributed by atoms with Crippen molar-refractivity contribution in [2.75, 3.05) is 26.1 Å². The first-order chi connectivity index (χ1) is 9.52. The van der Waals surface area contributed by atoms with Crippen LogP contribution in [-0.4, -0.2) is 43.4 Å². The number of ketones is 1. The summed E-state index contributed by atoms with van der Waals surface area (Å²) in [5.74, 6) is -0.727. The molecule has 1 aromatic carbocycles. The van der Waals surface area contributed by atoms with Crippen LogP contribution in [0.2, 0.25) is 0 Å². The average molecular weight is 276 g/mol. The number of ether oxygens (including phenoxy) is 1. The van der Waals surface area contributed by atoms with Crippen molar-refractivity contribution in [1.29, 1.82) is 0 Å². The molecule has 1 N–H and O–H groups in total. The second kappa shape index (κ2) is 5.73. The number of nitrogens with zero attached hydrogens (tertiary/aromatic N) is 1. The lowest BCUT2D eigenvalue weighted by molar-refractivity contribution is -0.140. The Morgan fingerprint density at radius 3 is 2.80 bits per heavy atom. The Labute approximate surface area is 116 Å². The SMILES string of the molecule is COC(=O)CCC(=O)c1ccc2c(c1)C(=O)N(C)CN2. The molecule has 1 aliphatic rings. The number of nitrogens with one attached hydrogen (secondary N) is 1. The van der Waals surface area contributed by atoms with E-state index >= 15 is 0 Å². The molecule has 0 fully saturated rings. The maximum atomic E-state index is 12.0. The molecule has 0 saturated heterocycles. The van der Waals surface area contributed by atoms with Crippen molar-refractivity contribution in [3.8, 4) is 0 Å². The predicted octanol–water partition coefficient (Wildman–Crippen LogP) is 1.28. The van der Waals surface area contributed by atoms with Gasteiger partial charge in [-0.3, -0.25) is 14.4 Å². The van der Waals surface area contributed by atoms with Gasteiger partial charge < -0.3 is 15.0 Å². The summed E-state index contributed by atoms with van der Waals surface area (Å²) in [7, 11) is 2.97. The minimum atomic E-state index is -0.422. The molecule has 2 rings (SSSR count). The Kier molecular flexibility index (Phi) is 4.02. The van der Waals surface area contributed by atoms with Gasteiger partial charge in [-0.2, -0.15) is 0 Å². The molecular weight excluding hydrogens is 260 g/mol. The van der Waals surface area contributed by atoms with Gasteiger partial charge >= 0.3 is 5.97 Å². The number of benzene rings is 1. The van der Waals surface area contributed by atoms with Crippen LogP contribution in [0.5, 0.6) is 0 Å². The van der Waals surface area contributed by atoms with Gasteiger partial charge in [0.15, 0.2) is 5.78 Å². The van der Waals surface area contributed by atoms with Gasteiger partial charge in [0, 0.05) is 24.7 Å². The zero-order valence-electron chi connectivity index (χ0n) is 11.4. The first-order valence-corrected chi connectivity index (χ1v) is 6.26. The van der Waals surface area contributed by atoms with E-state index in [0.29, 0.717) is 17.8 Å². The molecule has 0 radical (unpaired) electrons. The second-order valence-corrected chi connectivity index (χ2v) is 4.60. The molecule has 0 atom stereocenters. The Bertz CT molecular complexity index is 568. The normalized spacial score (nSPS) is 13.5. The lowest BCUT2D eigenvalue weighted by Gasteiger charge is -2.26. The molecule has 0 aromatic heterocycles. The number of Topliss-reactive ketones (excluding diaryl/α,β-unsaturated/α-hetero) is 1. The quantitative estimate of drug-likeness (QED) is 0.662. The summed E-state index contributed by atoms with van der Waals surface area (Å²) < 4.78 is 4.50. The third-order valence-corrected chi connectivity index (χ3v) is 3.21. The molecular formula is C14H16N2O4. The smallest absolute Gasteiger partial charge is 0.305 e. The summed E-state index contributed by atoms with van der Waals surface area (Å²) in [5.41, 5.74) is 1.62. The number of hydrogen-bond acceptors (Lipinski definition) is 5. The summed E-state index contributed by atoms with van der Waals surface area (Å²) in [5, 5.41) is 3.09. The Morgan fingerprint density at radius 2 is 2.10 bits per heavy atom. The third-order valence-electron chi connectivity index (χ3n) is 3.21. The lowest BCUT2D eigenvalue weighted by atomic mass is 10.0. The third kappa shape index (κ3) is 2.79. The molecule has 20 heavy (non-hydrogen) atoms. The van der Waals surface area contributed by atoms with Crippen LogP contribution in [0.25, 0.3) is 0 Å². The summed E-state index contributed by atoms with van der Waals surface area (Å²) in [4.78, 5) is 36.6. The summed E-state index contributed by atoms with van der Waals surface area (Å²) in [6, 6.07) is 4.94. The largest absolute Gasteiger partial charge is 0.469 e. The number of methoxy groups -OCH3 is 1. The second-order valence-electron chi connectivity index (χ2n) is 4.60. The highest BCUT2D eigenvalue weighted by Gasteiger charge is 2.22. The number of carbonyl (C=O) groups is 3. The lowest BCUT2D eigenvalue weighted by Crippen LogP contribution is -2.36. The van der Waals surface area contributed by atoms with Crippen LogP contribution in [0.1, 0.15) is 33.6 Å². The molecule has 1 amide bonds. The van der Waals surface area contributed by atoms with Crippen LogP contribution < -0.4 is 5.32 Å². The molecule has 6 nitrogen and oxygen atoms in total. The van der Waals surface area contributed by atoms with Crippen molar-refractivity contribution in [3.05, 3.63) is 29.3 Å². The molecule has 0 unspecified atom stereocenters. The molecule has 6 heteroatoms. The molecule has 1 aromatic rings. The van der Waals surface area contributed by atoms with E-state index in [4.69, 9.17) is 0 Å². The number of fused-ring (bicyclic) bond motifs is 1. The Morgan fingerprint density at radius 1 is 1.35 bits per heavy atom. The van der Waals surface area contributed by atoms with Gasteiger partial charge in [-0.15, -0.1) is 0 Å². The molecule has 0 aliphatic carbocycles. The maximum Gasteiger partial charge on any atom is 0.305 e. The van der Waals surface area contributed by atoms with E-state index in [1.165, 1.54) is 12.0 Å². The fourth-order valence-corrected chi connectivity index (χ4v) is 1.99. The van der Waals surface area contributed by atoms with Gasteiger partial charge in [-0.25, -0.2) is 0 Å². The predicted molar refractivity (Wildman–Crippen MR) is 72.6 cm³/mol. The van der Waals surface area contributed by atoms with Crippen LogP contribution in [0, 0.1) is 0 Å². The van der Waals surface area contributed by atoms with Crippen molar-refractivity contribution in [3.63, 3.8) is 0 Å². The maximum absolute atomic E-state index is 12.0. The first kappa shape index (κ1) is 14.0. The van der Waals surface area contributed by atoms with Crippen LogP contribution in [-0.2, 0) is 9.53 Å². The molecule has 106 valence electrons. The monoisotopic (exact) mass is 276 g/mol. The van der Waals surface area contributed by atoms with Crippen LogP contribution in [0.15, 0.2) is 18.2 Å². The Hall–Kier alpha value is -2.37. The van der Waals surface area contributed by atoms with Crippen LogP contribution in [0.3, 0.4) is 0 Å². The molecule has 1 aliphatic heterocycles. The van der Waals surface area contributed by atoms with Gasteiger partial charge in [0.2, 0.25) is 0 Å². The number of hydrogen-bond donors (Lipinski definition) is 1. The molecule has 0 saturated carbocycles. The number of rotatable bonds is 4. The minimum Gasteiger partial charge on any atom is -0.469 e. The fourth-order valence-electron chi connectivity index (χ4n) is 1.99. The number of anilines is 1. The fraction of sp³-hybridized carbons (Fsp3) is 0.357. The van der Waals surface area contributed by atoms with E-state index in [2.05, 4.69) is 10.1 Å². The van der Waals surface area contributed by atoms with Crippen molar-refractivity contribution in [1.82, 2.24) is 4.90 Å². The van der Waals surface area contributed by atoms with Crippen LogP contribution in [0.4, 0.5) is 5.69 Å². The topological polar surface area (TPSA) is 75.7 Å².